The predicted molar refractivity (Wildman–Crippen MR) is 44.8 cm³/mol. The maximum absolute atomic E-state index is 13.1. The van der Waals surface area contributed by atoms with Crippen molar-refractivity contribution in [3.05, 3.63) is 5.73 Å². The normalized spacial score (nSPS) is 27.4. The monoisotopic (exact) mass is 230 g/mol. The van der Waals surface area contributed by atoms with Crippen LogP contribution in [0.25, 0.3) is 5.73 Å². The maximum Gasteiger partial charge on any atom is 1.00 e. The Kier molecular flexibility index (Phi) is 5.67. The first-order valence-corrected chi connectivity index (χ1v) is 4.16. The van der Waals surface area contributed by atoms with E-state index in [4.69, 9.17) is 5.73 Å². The molecule has 0 saturated carbocycles. The zero-order valence-corrected chi connectivity index (χ0v) is 11.8. The number of nitrogens with zero attached hydrogens (tertiary/aromatic N) is 1. The second-order valence-corrected chi connectivity index (χ2v) is 3.81. The van der Waals surface area contributed by atoms with Gasteiger partial charge in [0, 0.05) is 6.54 Å². The number of nitrogens with one attached hydrogen (secondary N) is 1. The predicted octanol–water partition coefficient (Wildman–Crippen LogP) is -1.66. The van der Waals surface area contributed by atoms with E-state index in [1.54, 1.807) is 0 Å². The van der Waals surface area contributed by atoms with Crippen LogP contribution in [0.1, 0.15) is 13.8 Å². The van der Waals surface area contributed by atoms with Crippen LogP contribution in [0.3, 0.4) is 0 Å². The molecule has 1 N–H and O–H groups in total. The summed E-state index contributed by atoms with van der Waals surface area (Å²) in [5.41, 5.74) is 5.21. The second-order valence-electron chi connectivity index (χ2n) is 3.81. The first-order valence-electron chi connectivity index (χ1n) is 4.16. The minimum Gasteiger partial charge on any atom is -0.671 e. The SMILES string of the molecule is CC(C)(F)C(=O)N1CC([NH-])[C@@H](F)C1.[K+]. The van der Waals surface area contributed by atoms with Gasteiger partial charge in [0.25, 0.3) is 5.91 Å². The summed E-state index contributed by atoms with van der Waals surface area (Å²) < 4.78 is 25.9. The summed E-state index contributed by atoms with van der Waals surface area (Å²) >= 11 is 0. The topological polar surface area (TPSA) is 44.1 Å². The first kappa shape index (κ1) is 14.9. The van der Waals surface area contributed by atoms with Gasteiger partial charge in [-0.2, -0.15) is 0 Å². The summed E-state index contributed by atoms with van der Waals surface area (Å²) in [6.07, 6.45) is -1.34. The number of likely N-dealkylation sites (tertiary alicyclic amines) is 1. The fraction of sp³-hybridized carbons (Fsp3) is 0.875. The molecule has 1 rings (SSSR count). The Morgan fingerprint density at radius 2 is 2.00 bits per heavy atom. The van der Waals surface area contributed by atoms with Crippen LogP contribution in [0.2, 0.25) is 0 Å². The van der Waals surface area contributed by atoms with E-state index >= 15 is 0 Å². The van der Waals surface area contributed by atoms with Crippen LogP contribution in [0.15, 0.2) is 0 Å². The van der Waals surface area contributed by atoms with Crippen LogP contribution in [0, 0.1) is 0 Å². The molecule has 14 heavy (non-hydrogen) atoms. The van der Waals surface area contributed by atoms with Gasteiger partial charge in [0.1, 0.15) is 6.17 Å². The maximum atomic E-state index is 13.1. The molecule has 1 saturated heterocycles. The molecule has 1 amide bonds. The molecule has 0 aromatic heterocycles. The summed E-state index contributed by atoms with van der Waals surface area (Å²) in [6, 6.07) is -0.925. The molecule has 0 aromatic carbocycles. The number of rotatable bonds is 1. The molecule has 3 nitrogen and oxygen atoms in total. The summed E-state index contributed by atoms with van der Waals surface area (Å²) in [5.74, 6) is -0.732. The molecule has 0 spiro atoms. The molecule has 76 valence electrons. The molecule has 1 unspecified atom stereocenters. The third kappa shape index (κ3) is 3.50. The zero-order valence-electron chi connectivity index (χ0n) is 8.68. The van der Waals surface area contributed by atoms with Crippen molar-refractivity contribution in [3.8, 4) is 0 Å². The van der Waals surface area contributed by atoms with Gasteiger partial charge in [-0.3, -0.25) is 4.79 Å². The van der Waals surface area contributed by atoms with Gasteiger partial charge in [-0.15, -0.1) is 0 Å². The van der Waals surface area contributed by atoms with E-state index in [9.17, 15) is 13.6 Å². The second kappa shape index (κ2) is 5.31. The average Bonchev–Trinajstić information content (AvgIpc) is 2.29. The van der Waals surface area contributed by atoms with E-state index in [0.717, 1.165) is 18.7 Å². The van der Waals surface area contributed by atoms with Gasteiger partial charge in [-0.05, 0) is 13.8 Å². The smallest absolute Gasteiger partial charge is 0.671 e. The molecular weight excluding hydrogens is 217 g/mol. The number of hydrogen-bond acceptors (Lipinski definition) is 1. The Hall–Kier alpha value is 0.926. The number of amides is 1. The average molecular weight is 230 g/mol. The van der Waals surface area contributed by atoms with Crippen LogP contribution >= 0.6 is 0 Å². The van der Waals surface area contributed by atoms with Crippen LogP contribution in [0.4, 0.5) is 8.78 Å². The molecular formula is C8H13F2KN2O. The van der Waals surface area contributed by atoms with Crippen LogP contribution in [-0.4, -0.2) is 41.8 Å². The van der Waals surface area contributed by atoms with Crippen molar-refractivity contribution in [2.45, 2.75) is 31.7 Å². The number of carbonyl (C=O) groups excluding carboxylic acids is 1. The van der Waals surface area contributed by atoms with Gasteiger partial charge in [0.15, 0.2) is 5.67 Å². The Morgan fingerprint density at radius 3 is 2.29 bits per heavy atom. The minimum atomic E-state index is -1.97. The van der Waals surface area contributed by atoms with Gasteiger partial charge in [0.05, 0.1) is 6.54 Å². The van der Waals surface area contributed by atoms with Gasteiger partial charge in [0.2, 0.25) is 0 Å². The van der Waals surface area contributed by atoms with Crippen molar-refractivity contribution in [1.29, 1.82) is 0 Å². The zero-order chi connectivity index (χ0) is 10.2. The van der Waals surface area contributed by atoms with Crippen molar-refractivity contribution in [1.82, 2.24) is 4.90 Å². The van der Waals surface area contributed by atoms with E-state index in [1.165, 1.54) is 0 Å². The Bertz CT molecular complexity index is 210. The number of carbonyl (C=O) groups is 1. The number of alkyl halides is 2. The molecule has 0 aromatic rings. The number of halogens is 2. The van der Waals surface area contributed by atoms with E-state index in [-0.39, 0.29) is 64.5 Å². The summed E-state index contributed by atoms with van der Waals surface area (Å²) in [5, 5.41) is 0. The molecule has 0 bridgehead atoms. The van der Waals surface area contributed by atoms with Crippen LogP contribution < -0.4 is 51.4 Å². The summed E-state index contributed by atoms with van der Waals surface area (Å²) in [6.45, 7) is 2.12. The van der Waals surface area contributed by atoms with Crippen molar-refractivity contribution in [2.24, 2.45) is 0 Å². The van der Waals surface area contributed by atoms with E-state index in [2.05, 4.69) is 0 Å². The standard InChI is InChI=1S/C8H13F2N2O.K/c1-8(2,10)7(13)12-3-5(9)6(11)4-12;/h5-6,11H,3-4H2,1-2H3;/q-1;+1/t5-,6?;/m0./s1. The summed E-state index contributed by atoms with van der Waals surface area (Å²) in [4.78, 5) is 12.3. The van der Waals surface area contributed by atoms with Crippen molar-refractivity contribution < 1.29 is 65.0 Å². The van der Waals surface area contributed by atoms with Gasteiger partial charge in [-0.25, -0.2) is 8.78 Å². The van der Waals surface area contributed by atoms with E-state index < -0.39 is 23.8 Å². The van der Waals surface area contributed by atoms with Crippen molar-refractivity contribution >= 4 is 5.91 Å². The Balaban J connectivity index is 0.00000169. The molecule has 1 fully saturated rings. The largest absolute Gasteiger partial charge is 1.00 e. The van der Waals surface area contributed by atoms with Crippen molar-refractivity contribution in [2.75, 3.05) is 13.1 Å². The van der Waals surface area contributed by atoms with Crippen molar-refractivity contribution in [3.63, 3.8) is 0 Å². The molecule has 1 aliphatic heterocycles. The molecule has 6 heteroatoms. The Labute approximate surface area is 125 Å². The molecule has 0 aliphatic carbocycles. The minimum absolute atomic E-state index is 0. The molecule has 0 radical (unpaired) electrons. The third-order valence-corrected chi connectivity index (χ3v) is 2.04. The van der Waals surface area contributed by atoms with Crippen LogP contribution in [0.5, 0.6) is 0 Å². The van der Waals surface area contributed by atoms with E-state index in [0.29, 0.717) is 0 Å². The van der Waals surface area contributed by atoms with Crippen LogP contribution in [-0.2, 0) is 4.79 Å². The van der Waals surface area contributed by atoms with E-state index in [1.807, 2.05) is 0 Å². The Morgan fingerprint density at radius 1 is 1.50 bits per heavy atom. The van der Waals surface area contributed by atoms with Gasteiger partial charge in [-0.1, -0.05) is 6.04 Å². The molecule has 1 heterocycles. The number of hydrogen-bond donors (Lipinski definition) is 0. The quantitative estimate of drug-likeness (QED) is 0.497. The summed E-state index contributed by atoms with van der Waals surface area (Å²) in [7, 11) is 0. The fourth-order valence-corrected chi connectivity index (χ4v) is 1.31. The fourth-order valence-electron chi connectivity index (χ4n) is 1.31. The molecule has 2 atom stereocenters. The first-order chi connectivity index (χ1) is 5.82. The van der Waals surface area contributed by atoms with Gasteiger partial charge < -0.3 is 10.6 Å². The van der Waals surface area contributed by atoms with Gasteiger partial charge >= 0.3 is 51.4 Å². The molecule has 1 aliphatic rings. The third-order valence-electron chi connectivity index (χ3n) is 2.04.